The first-order valence-electron chi connectivity index (χ1n) is 5.37. The van der Waals surface area contributed by atoms with Gasteiger partial charge in [-0.15, -0.1) is 0 Å². The summed E-state index contributed by atoms with van der Waals surface area (Å²) in [5.41, 5.74) is 0. The molecule has 0 aliphatic carbocycles. The van der Waals surface area contributed by atoms with Gasteiger partial charge in [0, 0.05) is 26.3 Å². The van der Waals surface area contributed by atoms with E-state index in [1.807, 2.05) is 6.92 Å². The third-order valence-electron chi connectivity index (χ3n) is 2.31. The van der Waals surface area contributed by atoms with Crippen LogP contribution in [0.4, 0.5) is 0 Å². The molecule has 0 aromatic carbocycles. The van der Waals surface area contributed by atoms with Gasteiger partial charge in [-0.05, 0) is 32.0 Å². The second-order valence-electron chi connectivity index (χ2n) is 3.85. The molecule has 1 fully saturated rings. The van der Waals surface area contributed by atoms with Gasteiger partial charge in [0.25, 0.3) is 0 Å². The number of rotatable bonds is 5. The molecular weight excluding hydrogens is 212 g/mol. The minimum absolute atomic E-state index is 0.236. The van der Waals surface area contributed by atoms with Gasteiger partial charge in [0.2, 0.25) is 0 Å². The maximum atomic E-state index is 5.48. The SMILES string of the molecule is COC[C@H](C)NC(=S)NC[C@@H]1CCCO1. The van der Waals surface area contributed by atoms with Gasteiger partial charge in [-0.25, -0.2) is 0 Å². The molecule has 15 heavy (non-hydrogen) atoms. The molecule has 2 N–H and O–H groups in total. The van der Waals surface area contributed by atoms with E-state index >= 15 is 0 Å². The second kappa shape index (κ2) is 6.98. The Labute approximate surface area is 96.7 Å². The van der Waals surface area contributed by atoms with Crippen molar-refractivity contribution in [3.05, 3.63) is 0 Å². The molecule has 0 saturated carbocycles. The molecule has 1 heterocycles. The summed E-state index contributed by atoms with van der Waals surface area (Å²) >= 11 is 5.15. The van der Waals surface area contributed by atoms with Crippen LogP contribution in [0.15, 0.2) is 0 Å². The quantitative estimate of drug-likeness (QED) is 0.682. The van der Waals surface area contributed by atoms with Crippen molar-refractivity contribution in [1.82, 2.24) is 10.6 Å². The Morgan fingerprint density at radius 3 is 3.07 bits per heavy atom. The summed E-state index contributed by atoms with van der Waals surface area (Å²) in [5.74, 6) is 0. The smallest absolute Gasteiger partial charge is 0.166 e. The monoisotopic (exact) mass is 232 g/mol. The highest BCUT2D eigenvalue weighted by atomic mass is 32.1. The van der Waals surface area contributed by atoms with Crippen LogP contribution in [0.25, 0.3) is 0 Å². The van der Waals surface area contributed by atoms with E-state index in [4.69, 9.17) is 21.7 Å². The first kappa shape index (κ1) is 12.7. The third-order valence-corrected chi connectivity index (χ3v) is 2.57. The van der Waals surface area contributed by atoms with E-state index < -0.39 is 0 Å². The molecule has 1 aliphatic heterocycles. The van der Waals surface area contributed by atoms with Crippen LogP contribution in [-0.2, 0) is 9.47 Å². The Kier molecular flexibility index (Phi) is 5.90. The van der Waals surface area contributed by atoms with Gasteiger partial charge in [0.15, 0.2) is 5.11 Å². The van der Waals surface area contributed by atoms with Gasteiger partial charge in [-0.2, -0.15) is 0 Å². The minimum Gasteiger partial charge on any atom is -0.383 e. The van der Waals surface area contributed by atoms with E-state index in [2.05, 4.69) is 10.6 Å². The lowest BCUT2D eigenvalue weighted by Crippen LogP contribution is -2.44. The standard InChI is InChI=1S/C10H20N2O2S/c1-8(7-13-2)12-10(15)11-6-9-4-3-5-14-9/h8-9H,3-7H2,1-2H3,(H2,11,12,15)/t8-,9-/m0/s1. The average molecular weight is 232 g/mol. The molecule has 4 nitrogen and oxygen atoms in total. The highest BCUT2D eigenvalue weighted by Gasteiger charge is 2.15. The van der Waals surface area contributed by atoms with Gasteiger partial charge in [0.05, 0.1) is 12.7 Å². The topological polar surface area (TPSA) is 42.5 Å². The predicted molar refractivity (Wildman–Crippen MR) is 64.0 cm³/mol. The third kappa shape index (κ3) is 5.30. The number of methoxy groups -OCH3 is 1. The number of hydrogen-bond acceptors (Lipinski definition) is 3. The Balaban J connectivity index is 2.07. The van der Waals surface area contributed by atoms with Crippen molar-refractivity contribution < 1.29 is 9.47 Å². The number of ether oxygens (including phenoxy) is 2. The normalized spacial score (nSPS) is 22.4. The average Bonchev–Trinajstić information content (AvgIpc) is 2.67. The zero-order valence-corrected chi connectivity index (χ0v) is 10.2. The van der Waals surface area contributed by atoms with Crippen molar-refractivity contribution in [2.24, 2.45) is 0 Å². The Bertz CT molecular complexity index is 196. The van der Waals surface area contributed by atoms with Crippen LogP contribution in [0, 0.1) is 0 Å². The molecule has 5 heteroatoms. The lowest BCUT2D eigenvalue weighted by Gasteiger charge is -2.17. The molecule has 0 bridgehead atoms. The number of thiocarbonyl (C=S) groups is 1. The number of nitrogens with one attached hydrogen (secondary N) is 2. The van der Waals surface area contributed by atoms with Crippen LogP contribution in [0.2, 0.25) is 0 Å². The first-order valence-corrected chi connectivity index (χ1v) is 5.78. The van der Waals surface area contributed by atoms with Crippen LogP contribution >= 0.6 is 12.2 Å². The zero-order valence-electron chi connectivity index (χ0n) is 9.41. The largest absolute Gasteiger partial charge is 0.383 e. The fourth-order valence-electron chi connectivity index (χ4n) is 1.58. The lowest BCUT2D eigenvalue weighted by molar-refractivity contribution is 0.114. The highest BCUT2D eigenvalue weighted by Crippen LogP contribution is 2.10. The molecule has 0 unspecified atom stereocenters. The Morgan fingerprint density at radius 1 is 1.67 bits per heavy atom. The van der Waals surface area contributed by atoms with E-state index in [0.29, 0.717) is 17.8 Å². The van der Waals surface area contributed by atoms with Crippen molar-refractivity contribution in [3.63, 3.8) is 0 Å². The summed E-state index contributed by atoms with van der Waals surface area (Å²) in [6.45, 7) is 4.36. The molecule has 0 radical (unpaired) electrons. The minimum atomic E-state index is 0.236. The van der Waals surface area contributed by atoms with Crippen LogP contribution in [-0.4, -0.2) is 44.1 Å². The fourth-order valence-corrected chi connectivity index (χ4v) is 1.86. The van der Waals surface area contributed by atoms with Crippen molar-refractivity contribution >= 4 is 17.3 Å². The highest BCUT2D eigenvalue weighted by molar-refractivity contribution is 7.80. The van der Waals surface area contributed by atoms with Gasteiger partial charge in [-0.1, -0.05) is 0 Å². The van der Waals surface area contributed by atoms with Crippen molar-refractivity contribution in [3.8, 4) is 0 Å². The van der Waals surface area contributed by atoms with Crippen LogP contribution in [0.5, 0.6) is 0 Å². The molecule has 1 rings (SSSR count). The number of hydrogen-bond donors (Lipinski definition) is 2. The molecule has 0 spiro atoms. The fraction of sp³-hybridized carbons (Fsp3) is 0.900. The Hall–Kier alpha value is -0.390. The molecule has 0 aromatic rings. The molecule has 0 amide bonds. The van der Waals surface area contributed by atoms with Crippen molar-refractivity contribution in [1.29, 1.82) is 0 Å². The molecule has 2 atom stereocenters. The maximum Gasteiger partial charge on any atom is 0.166 e. The van der Waals surface area contributed by atoms with Crippen LogP contribution in [0.1, 0.15) is 19.8 Å². The van der Waals surface area contributed by atoms with Gasteiger partial charge in [-0.3, -0.25) is 0 Å². The van der Waals surface area contributed by atoms with E-state index in [0.717, 1.165) is 26.0 Å². The predicted octanol–water partition coefficient (Wildman–Crippen LogP) is 0.664. The Morgan fingerprint density at radius 2 is 2.47 bits per heavy atom. The van der Waals surface area contributed by atoms with Crippen molar-refractivity contribution in [2.75, 3.05) is 26.9 Å². The van der Waals surface area contributed by atoms with E-state index in [1.165, 1.54) is 0 Å². The van der Waals surface area contributed by atoms with Gasteiger partial charge < -0.3 is 20.1 Å². The van der Waals surface area contributed by atoms with Crippen LogP contribution < -0.4 is 10.6 Å². The van der Waals surface area contributed by atoms with E-state index in [9.17, 15) is 0 Å². The van der Waals surface area contributed by atoms with Crippen LogP contribution in [0.3, 0.4) is 0 Å². The summed E-state index contributed by atoms with van der Waals surface area (Å²) in [4.78, 5) is 0. The summed E-state index contributed by atoms with van der Waals surface area (Å²) in [5, 5.41) is 6.97. The summed E-state index contributed by atoms with van der Waals surface area (Å²) < 4.78 is 10.5. The summed E-state index contributed by atoms with van der Waals surface area (Å²) in [6.07, 6.45) is 2.61. The second-order valence-corrected chi connectivity index (χ2v) is 4.25. The summed E-state index contributed by atoms with van der Waals surface area (Å²) in [7, 11) is 1.68. The zero-order chi connectivity index (χ0) is 11.1. The summed E-state index contributed by atoms with van der Waals surface area (Å²) in [6, 6.07) is 0.236. The molecule has 0 aromatic heterocycles. The first-order chi connectivity index (χ1) is 7.22. The van der Waals surface area contributed by atoms with Gasteiger partial charge in [0.1, 0.15) is 0 Å². The molecule has 88 valence electrons. The van der Waals surface area contributed by atoms with Gasteiger partial charge >= 0.3 is 0 Å². The molecule has 1 saturated heterocycles. The maximum absolute atomic E-state index is 5.48. The molecule has 1 aliphatic rings. The lowest BCUT2D eigenvalue weighted by atomic mass is 10.2. The van der Waals surface area contributed by atoms with Crippen molar-refractivity contribution in [2.45, 2.75) is 31.9 Å². The van der Waals surface area contributed by atoms with E-state index in [1.54, 1.807) is 7.11 Å². The molecular formula is C10H20N2O2S. The van der Waals surface area contributed by atoms with E-state index in [-0.39, 0.29) is 6.04 Å².